The lowest BCUT2D eigenvalue weighted by molar-refractivity contribution is -0.161. The van der Waals surface area contributed by atoms with Crippen LogP contribution in [-0.2, 0) is 19.1 Å². The maximum absolute atomic E-state index is 12.3. The largest absolute Gasteiger partial charge is 0.498 e. The van der Waals surface area contributed by atoms with Crippen molar-refractivity contribution in [3.05, 3.63) is 41.5 Å². The number of carbonyl (C=O) groups excluding carboxylic acids is 2. The van der Waals surface area contributed by atoms with E-state index in [-0.39, 0.29) is 12.4 Å². The number of nitrogens with one attached hydrogen (secondary N) is 1. The summed E-state index contributed by atoms with van der Waals surface area (Å²) in [6, 6.07) is 6.88. The lowest BCUT2D eigenvalue weighted by Gasteiger charge is -2.50. The highest BCUT2D eigenvalue weighted by atomic mass is 32.2. The molecule has 0 bridgehead atoms. The Hall–Kier alpha value is -2.68. The summed E-state index contributed by atoms with van der Waals surface area (Å²) in [5.74, 6) is -1.34. The number of thioether (sulfide) groups is 1. The molecule has 8 nitrogen and oxygen atoms in total. The van der Waals surface area contributed by atoms with E-state index < -0.39 is 35.2 Å². The number of amides is 2. The Morgan fingerprint density at radius 1 is 1.32 bits per heavy atom. The van der Waals surface area contributed by atoms with E-state index in [1.54, 1.807) is 29.7 Å². The molecule has 1 fully saturated rings. The van der Waals surface area contributed by atoms with Crippen LogP contribution in [0.25, 0.3) is 0 Å². The summed E-state index contributed by atoms with van der Waals surface area (Å²) in [5.41, 5.74) is 0. The second kappa shape index (κ2) is 7.06. The third kappa shape index (κ3) is 3.27. The van der Waals surface area contributed by atoms with Gasteiger partial charge in [-0.3, -0.25) is 9.59 Å². The molecule has 1 saturated heterocycles. The number of aliphatic carboxylic acids is 1. The molecule has 9 heteroatoms. The fourth-order valence-corrected chi connectivity index (χ4v) is 3.85. The van der Waals surface area contributed by atoms with Crippen molar-refractivity contribution < 1.29 is 29.0 Å². The fourth-order valence-electron chi connectivity index (χ4n) is 2.66. The van der Waals surface area contributed by atoms with Gasteiger partial charge in [0.2, 0.25) is 5.91 Å². The fraction of sp³-hybridized carbons (Fsp3) is 0.312. The number of methoxy groups -OCH3 is 1. The van der Waals surface area contributed by atoms with Crippen molar-refractivity contribution in [3.8, 4) is 5.75 Å². The van der Waals surface area contributed by atoms with Crippen molar-refractivity contribution >= 4 is 29.5 Å². The zero-order valence-electron chi connectivity index (χ0n) is 13.2. The van der Waals surface area contributed by atoms with E-state index in [1.807, 2.05) is 6.07 Å². The first kappa shape index (κ1) is 17.2. The minimum atomic E-state index is -1.18. The lowest BCUT2D eigenvalue weighted by atomic mass is 10.0. The van der Waals surface area contributed by atoms with E-state index in [2.05, 4.69) is 5.32 Å². The summed E-state index contributed by atoms with van der Waals surface area (Å²) in [6.45, 7) is -0.229. The van der Waals surface area contributed by atoms with Crippen LogP contribution in [0.1, 0.15) is 0 Å². The predicted octanol–water partition coefficient (Wildman–Crippen LogP) is 0.406. The maximum Gasteiger partial charge on any atom is 0.334 e. The molecule has 0 radical (unpaired) electrons. The average Bonchev–Trinajstić information content (AvgIpc) is 2.63. The van der Waals surface area contributed by atoms with Gasteiger partial charge in [0.1, 0.15) is 22.9 Å². The van der Waals surface area contributed by atoms with Crippen molar-refractivity contribution in [2.24, 2.45) is 0 Å². The molecule has 3 rings (SSSR count). The molecule has 2 N–H and O–H groups in total. The summed E-state index contributed by atoms with van der Waals surface area (Å²) in [4.78, 5) is 36.9. The van der Waals surface area contributed by atoms with Gasteiger partial charge in [0.05, 0.1) is 7.11 Å². The molecule has 0 saturated carbocycles. The third-order valence-corrected chi connectivity index (χ3v) is 5.00. The Balaban J connectivity index is 1.60. The van der Waals surface area contributed by atoms with E-state index in [0.29, 0.717) is 5.75 Å². The van der Waals surface area contributed by atoms with E-state index in [0.717, 1.165) is 0 Å². The zero-order chi connectivity index (χ0) is 18.0. The Bertz CT molecular complexity index is 723. The monoisotopic (exact) mass is 364 g/mol. The first-order valence-corrected chi connectivity index (χ1v) is 8.39. The first-order valence-electron chi connectivity index (χ1n) is 7.44. The van der Waals surface area contributed by atoms with Crippen LogP contribution in [-0.4, -0.2) is 59.0 Å². The molecular formula is C16H16N2O6S. The lowest BCUT2D eigenvalue weighted by Crippen LogP contribution is -2.74. The standard InChI is InChI=1S/C16H16N2O6S/c1-23-10-8-25-15-12(14(20)18(15)13(10)16(21)22)17-11(19)7-24-9-5-3-2-4-6-9/h2-6,8,12-13,15H,7H2,1H3,(H,17,19)(H,21,22)/t12-,13?,15-/m1/s1. The Morgan fingerprint density at radius 2 is 2.04 bits per heavy atom. The third-order valence-electron chi connectivity index (χ3n) is 3.85. The van der Waals surface area contributed by atoms with Crippen LogP contribution in [0, 0.1) is 0 Å². The van der Waals surface area contributed by atoms with Gasteiger partial charge in [0.25, 0.3) is 5.91 Å². The van der Waals surface area contributed by atoms with Crippen molar-refractivity contribution in [1.82, 2.24) is 10.2 Å². The zero-order valence-corrected chi connectivity index (χ0v) is 14.1. The van der Waals surface area contributed by atoms with E-state index in [9.17, 15) is 19.5 Å². The molecule has 25 heavy (non-hydrogen) atoms. The number of carboxylic acids is 1. The summed E-state index contributed by atoms with van der Waals surface area (Å²) >= 11 is 1.23. The van der Waals surface area contributed by atoms with Gasteiger partial charge in [0.15, 0.2) is 12.6 Å². The van der Waals surface area contributed by atoms with Crippen molar-refractivity contribution in [2.75, 3.05) is 13.7 Å². The summed E-state index contributed by atoms with van der Waals surface area (Å²) < 4.78 is 10.4. The highest BCUT2D eigenvalue weighted by Gasteiger charge is 2.56. The van der Waals surface area contributed by atoms with Crippen molar-refractivity contribution in [3.63, 3.8) is 0 Å². The quantitative estimate of drug-likeness (QED) is 0.704. The highest BCUT2D eigenvalue weighted by molar-refractivity contribution is 8.02. The molecule has 2 amide bonds. The second-order valence-corrected chi connectivity index (χ2v) is 6.38. The Kier molecular flexibility index (Phi) is 4.84. The molecule has 3 atom stereocenters. The van der Waals surface area contributed by atoms with Gasteiger partial charge < -0.3 is 24.8 Å². The molecule has 2 aliphatic heterocycles. The van der Waals surface area contributed by atoms with Crippen LogP contribution in [0.5, 0.6) is 5.75 Å². The van der Waals surface area contributed by atoms with Gasteiger partial charge in [-0.2, -0.15) is 0 Å². The summed E-state index contributed by atoms with van der Waals surface area (Å²) in [5, 5.41) is 13.0. The number of carbonyl (C=O) groups is 3. The predicted molar refractivity (Wildman–Crippen MR) is 88.6 cm³/mol. The number of hydrogen-bond acceptors (Lipinski definition) is 6. The van der Waals surface area contributed by atoms with Crippen molar-refractivity contribution in [2.45, 2.75) is 17.5 Å². The Morgan fingerprint density at radius 3 is 2.68 bits per heavy atom. The normalized spacial score (nSPS) is 24.5. The van der Waals surface area contributed by atoms with E-state index in [4.69, 9.17) is 9.47 Å². The number of benzene rings is 1. The van der Waals surface area contributed by atoms with Crippen LogP contribution in [0.4, 0.5) is 0 Å². The SMILES string of the molecule is COC1=CS[C@@H]2[C@H](NC(=O)COc3ccccc3)C(=O)N2C1C(=O)O. The average molecular weight is 364 g/mol. The van der Waals surface area contributed by atoms with Crippen molar-refractivity contribution in [1.29, 1.82) is 0 Å². The molecule has 132 valence electrons. The number of hydrogen-bond donors (Lipinski definition) is 2. The smallest absolute Gasteiger partial charge is 0.334 e. The van der Waals surface area contributed by atoms with Crippen LogP contribution in [0.3, 0.4) is 0 Å². The molecule has 1 aromatic carbocycles. The molecule has 2 heterocycles. The minimum absolute atomic E-state index is 0.194. The van der Waals surface area contributed by atoms with Gasteiger partial charge in [-0.25, -0.2) is 4.79 Å². The number of rotatable bonds is 6. The number of carboxylic acid groups (broad SMARTS) is 1. The van der Waals surface area contributed by atoms with E-state index >= 15 is 0 Å². The molecule has 1 aromatic rings. The number of nitrogens with zero attached hydrogens (tertiary/aromatic N) is 1. The molecule has 0 spiro atoms. The van der Waals surface area contributed by atoms with Crippen LogP contribution < -0.4 is 10.1 Å². The van der Waals surface area contributed by atoms with Crippen LogP contribution >= 0.6 is 11.8 Å². The summed E-state index contributed by atoms with van der Waals surface area (Å²) in [7, 11) is 1.35. The Labute approximate surface area is 147 Å². The van der Waals surface area contributed by atoms with Crippen LogP contribution in [0.15, 0.2) is 41.5 Å². The van der Waals surface area contributed by atoms with Gasteiger partial charge in [-0.05, 0) is 12.1 Å². The second-order valence-electron chi connectivity index (χ2n) is 5.38. The number of para-hydroxylation sites is 1. The number of fused-ring (bicyclic) bond motifs is 1. The number of ether oxygens (including phenoxy) is 2. The maximum atomic E-state index is 12.3. The number of β-lactam (4-membered cyclic amide) rings is 1. The van der Waals surface area contributed by atoms with Gasteiger partial charge >= 0.3 is 5.97 Å². The minimum Gasteiger partial charge on any atom is -0.498 e. The molecular weight excluding hydrogens is 348 g/mol. The van der Waals surface area contributed by atoms with E-state index in [1.165, 1.54) is 23.8 Å². The van der Waals surface area contributed by atoms with Crippen LogP contribution in [0.2, 0.25) is 0 Å². The molecule has 0 aliphatic carbocycles. The van der Waals surface area contributed by atoms with Gasteiger partial charge in [-0.15, -0.1) is 11.8 Å². The highest BCUT2D eigenvalue weighted by Crippen LogP contribution is 2.40. The molecule has 2 aliphatic rings. The topological polar surface area (TPSA) is 105 Å². The van der Waals surface area contributed by atoms with Gasteiger partial charge in [-0.1, -0.05) is 18.2 Å². The van der Waals surface area contributed by atoms with Gasteiger partial charge in [0, 0.05) is 5.41 Å². The molecule has 1 unspecified atom stereocenters. The first-order chi connectivity index (χ1) is 12.0. The summed E-state index contributed by atoms with van der Waals surface area (Å²) in [6.07, 6.45) is 0. The molecule has 0 aromatic heterocycles.